The predicted molar refractivity (Wildman–Crippen MR) is 233 cm³/mol. The molecule has 0 radical (unpaired) electrons. The van der Waals surface area contributed by atoms with E-state index in [9.17, 15) is 25.2 Å². The lowest BCUT2D eigenvalue weighted by Gasteiger charge is -2.50. The maximum absolute atomic E-state index is 14.7. The van der Waals surface area contributed by atoms with Crippen LogP contribution in [0.25, 0.3) is 0 Å². The third-order valence-electron chi connectivity index (χ3n) is 14.4. The highest BCUT2D eigenvalue weighted by Crippen LogP contribution is 2.43. The highest BCUT2D eigenvalue weighted by atomic mass is 16.7. The number of rotatable bonds is 11. The molecule has 1 saturated carbocycles. The number of likely N-dealkylation sites (N-methyl/N-ethyl adjacent to an activating group) is 1. The summed E-state index contributed by atoms with van der Waals surface area (Å²) in [5, 5.41) is 52.0. The van der Waals surface area contributed by atoms with Crippen molar-refractivity contribution in [1.29, 1.82) is 0 Å². The summed E-state index contributed by atoms with van der Waals surface area (Å²) < 4.78 is 39.0. The van der Waals surface area contributed by atoms with E-state index in [2.05, 4.69) is 0 Å². The zero-order valence-corrected chi connectivity index (χ0v) is 39.7. The molecule has 350 valence electrons. The molecule has 2 heterocycles. The van der Waals surface area contributed by atoms with Crippen LogP contribution in [0, 0.1) is 36.5 Å². The number of aliphatic hydroxyl groups excluding tert-OH is 3. The van der Waals surface area contributed by atoms with Crippen molar-refractivity contribution in [2.75, 3.05) is 28.3 Å². The van der Waals surface area contributed by atoms with Crippen molar-refractivity contribution in [2.45, 2.75) is 193 Å². The molecule has 1 aromatic rings. The van der Waals surface area contributed by atoms with Crippen molar-refractivity contribution in [1.82, 2.24) is 4.90 Å². The molecule has 0 amide bonds. The molecule has 1 aromatic carbocycles. The average molecular weight is 865 g/mol. The number of aryl methyl sites for hydroxylation is 1. The Bertz CT molecular complexity index is 1580. The first-order chi connectivity index (χ1) is 28.4. The molecule has 0 aromatic heterocycles. The van der Waals surface area contributed by atoms with E-state index >= 15 is 0 Å². The predicted octanol–water partition coefficient (Wildman–Crippen LogP) is 5.42. The van der Waals surface area contributed by atoms with Gasteiger partial charge in [-0.25, -0.2) is 0 Å². The monoisotopic (exact) mass is 865 g/mol. The van der Waals surface area contributed by atoms with Crippen LogP contribution in [0.5, 0.6) is 0 Å². The van der Waals surface area contributed by atoms with E-state index in [0.29, 0.717) is 18.6 Å². The van der Waals surface area contributed by atoms with Gasteiger partial charge in [-0.05, 0) is 80.0 Å². The van der Waals surface area contributed by atoms with Gasteiger partial charge < -0.3 is 58.6 Å². The normalized spacial score (nSPS) is 44.2. The number of aliphatic hydroxyl groups is 4. The summed E-state index contributed by atoms with van der Waals surface area (Å²) in [5.41, 5.74) is -1.32. The van der Waals surface area contributed by atoms with E-state index in [1.807, 2.05) is 106 Å². The lowest BCUT2D eigenvalue weighted by atomic mass is 9.69. The number of oxime groups is 1. The minimum absolute atomic E-state index is 0.0526. The van der Waals surface area contributed by atoms with Crippen LogP contribution in [-0.4, -0.2) is 143 Å². The Morgan fingerprint density at radius 1 is 0.869 bits per heavy atom. The van der Waals surface area contributed by atoms with E-state index in [1.165, 1.54) is 7.11 Å². The molecule has 2 aliphatic heterocycles. The van der Waals surface area contributed by atoms with Crippen LogP contribution >= 0.6 is 0 Å². The maximum atomic E-state index is 14.7. The minimum atomic E-state index is -1.70. The highest BCUT2D eigenvalue weighted by molar-refractivity contribution is 5.89. The first kappa shape index (κ1) is 51.6. The number of methoxy groups -OCH3 is 2. The van der Waals surface area contributed by atoms with Gasteiger partial charge in [0.1, 0.15) is 24.6 Å². The molecular formula is C47H80N2O12. The summed E-state index contributed by atoms with van der Waals surface area (Å²) in [4.78, 5) is 22.7. The number of hydrogen-bond acceptors (Lipinski definition) is 14. The summed E-state index contributed by atoms with van der Waals surface area (Å²) in [6.45, 7) is 20.7. The first-order valence-electron chi connectivity index (χ1n) is 22.4. The number of benzene rings is 1. The standard InChI is InChI=1S/C47H80N2O12/c1-16-34-22-36(50)29(5)40(60-37-24-45(9,55-14)42(53)32(8)59-37)31(7)43(61-44-39(51)35(49(12)13)21-28(4)58-44)46(10,56-15)23-27(3)38(30(6)41(52)47(34,11)54)48-57-25-33-19-17-26(2)18-20-33/h17-20,27-32,34-35,37,39-44,51-54H,16,21-25H2,1-15H3/b48-38+/t27-,28-,29+,30+,31+,32+,34+,35+,37+,39-,40-,41-,42+,43-,44+,45-,46-,47-/m1/s1. The maximum Gasteiger partial charge on any atom is 0.185 e. The van der Waals surface area contributed by atoms with Gasteiger partial charge in [0.05, 0.1) is 53.0 Å². The van der Waals surface area contributed by atoms with Crippen LogP contribution in [0.2, 0.25) is 0 Å². The molecular weight excluding hydrogens is 785 g/mol. The Kier molecular flexibility index (Phi) is 18.0. The van der Waals surface area contributed by atoms with Crippen molar-refractivity contribution < 1.29 is 58.5 Å². The Morgan fingerprint density at radius 3 is 2.07 bits per heavy atom. The number of nitrogens with zero attached hydrogens (tertiary/aromatic N) is 2. The van der Waals surface area contributed by atoms with Crippen LogP contribution in [0.4, 0.5) is 0 Å². The summed E-state index contributed by atoms with van der Waals surface area (Å²) in [6, 6.07) is 7.70. The van der Waals surface area contributed by atoms with E-state index in [1.54, 1.807) is 21.0 Å². The molecule has 0 unspecified atom stereocenters. The van der Waals surface area contributed by atoms with Crippen molar-refractivity contribution in [2.24, 2.45) is 34.7 Å². The third-order valence-corrected chi connectivity index (χ3v) is 14.4. The number of Topliss-reactive ketones (excluding diaryl/α,β-unsaturated/α-hetero) is 1. The Balaban J connectivity index is 1.90. The second-order valence-corrected chi connectivity index (χ2v) is 19.4. The zero-order chi connectivity index (χ0) is 45.8. The largest absolute Gasteiger partial charge is 0.391 e. The van der Waals surface area contributed by atoms with Crippen molar-refractivity contribution in [3.63, 3.8) is 0 Å². The number of hydrogen-bond donors (Lipinski definition) is 4. The van der Waals surface area contributed by atoms with Gasteiger partial charge in [0.2, 0.25) is 0 Å². The minimum Gasteiger partial charge on any atom is -0.391 e. The van der Waals surface area contributed by atoms with Crippen LogP contribution in [0.1, 0.15) is 112 Å². The summed E-state index contributed by atoms with van der Waals surface area (Å²) >= 11 is 0. The van der Waals surface area contributed by atoms with E-state index in [-0.39, 0.29) is 43.8 Å². The Morgan fingerprint density at radius 2 is 1.49 bits per heavy atom. The van der Waals surface area contributed by atoms with E-state index < -0.39 is 95.6 Å². The third kappa shape index (κ3) is 11.8. The molecule has 18 atom stereocenters. The molecule has 4 rings (SSSR count). The molecule has 0 spiro atoms. The van der Waals surface area contributed by atoms with Gasteiger partial charge >= 0.3 is 0 Å². The van der Waals surface area contributed by atoms with Crippen LogP contribution in [0.3, 0.4) is 0 Å². The molecule has 3 aliphatic rings. The fourth-order valence-electron chi connectivity index (χ4n) is 10.1. The number of carbonyl (C=O) groups excluding carboxylic acids is 1. The van der Waals surface area contributed by atoms with Gasteiger partial charge in [0.25, 0.3) is 0 Å². The average Bonchev–Trinajstić information content (AvgIpc) is 3.21. The van der Waals surface area contributed by atoms with E-state index in [4.69, 9.17) is 38.4 Å². The summed E-state index contributed by atoms with van der Waals surface area (Å²) in [5.74, 6) is -3.34. The quantitative estimate of drug-likeness (QED) is 0.208. The lowest BCUT2D eigenvalue weighted by Crippen LogP contribution is -2.61. The molecule has 2 saturated heterocycles. The van der Waals surface area contributed by atoms with Crippen molar-refractivity contribution in [3.8, 4) is 0 Å². The molecule has 3 fully saturated rings. The molecule has 61 heavy (non-hydrogen) atoms. The number of ketones is 1. The van der Waals surface area contributed by atoms with Gasteiger partial charge in [-0.1, -0.05) is 76.0 Å². The van der Waals surface area contributed by atoms with Gasteiger partial charge in [0.15, 0.2) is 12.6 Å². The number of ether oxygens (including phenoxy) is 6. The summed E-state index contributed by atoms with van der Waals surface area (Å²) in [6.07, 6.45) is -6.48. The van der Waals surface area contributed by atoms with Crippen LogP contribution in [-0.2, 0) is 44.7 Å². The van der Waals surface area contributed by atoms with Crippen LogP contribution in [0.15, 0.2) is 29.4 Å². The molecule has 14 nitrogen and oxygen atoms in total. The lowest BCUT2D eigenvalue weighted by molar-refractivity contribution is -0.318. The van der Waals surface area contributed by atoms with Gasteiger partial charge in [-0.15, -0.1) is 0 Å². The SMILES string of the molecule is CC[C@H]1CC(=O)[C@H](C)[C@@H](O[C@H]2C[C@@](C)(OC)[C@@H](O)[C@H](C)O2)[C@H](C)[C@@H](O[C@@H]2O[C@H](C)C[C@H](N(C)C)[C@H]2O)[C@](C)(OC)C[C@@H](C)/C(=N\OCc2ccc(C)cc2)[C@H](C)[C@@H](O)[C@]1(C)O. The second kappa shape index (κ2) is 21.3. The topological polar surface area (TPSA) is 178 Å². The zero-order valence-electron chi connectivity index (χ0n) is 39.7. The van der Waals surface area contributed by atoms with E-state index in [0.717, 1.165) is 11.1 Å². The Hall–Kier alpha value is -2.08. The molecule has 1 aliphatic carbocycles. The molecule has 0 bridgehead atoms. The Labute approximate surface area is 365 Å². The fourth-order valence-corrected chi connectivity index (χ4v) is 10.1. The molecule has 4 N–H and O–H groups in total. The van der Waals surface area contributed by atoms with Gasteiger partial charge in [-0.3, -0.25) is 4.79 Å². The second-order valence-electron chi connectivity index (χ2n) is 19.4. The summed E-state index contributed by atoms with van der Waals surface area (Å²) in [7, 11) is 6.97. The van der Waals surface area contributed by atoms with Crippen molar-refractivity contribution >= 4 is 11.5 Å². The van der Waals surface area contributed by atoms with Crippen molar-refractivity contribution in [3.05, 3.63) is 35.4 Å². The smallest absolute Gasteiger partial charge is 0.185 e. The first-order valence-corrected chi connectivity index (χ1v) is 22.4. The highest BCUT2D eigenvalue weighted by Gasteiger charge is 2.53. The molecule has 14 heteroatoms. The number of carbonyl (C=O) groups is 1. The fraction of sp³-hybridized carbons (Fsp3) is 0.830. The van der Waals surface area contributed by atoms with Gasteiger partial charge in [0, 0.05) is 56.8 Å². The van der Waals surface area contributed by atoms with Gasteiger partial charge in [-0.2, -0.15) is 0 Å². The van der Waals surface area contributed by atoms with Crippen LogP contribution < -0.4 is 0 Å².